The molecule has 1 heterocycles. The minimum absolute atomic E-state index is 0.0189. The Labute approximate surface area is 94.0 Å². The standard InChI is InChI=1S/C12H25N3/c1-12(2,3)11(13)15-8-6-7-10(15)9-14(4)5/h10,13H,6-9H2,1-5H3. The second kappa shape index (κ2) is 4.52. The van der Waals surface area contributed by atoms with Crippen LogP contribution >= 0.6 is 0 Å². The van der Waals surface area contributed by atoms with Crippen LogP contribution in [0.3, 0.4) is 0 Å². The van der Waals surface area contributed by atoms with Gasteiger partial charge in [0.1, 0.15) is 5.84 Å². The summed E-state index contributed by atoms with van der Waals surface area (Å²) in [6, 6.07) is 0.548. The summed E-state index contributed by atoms with van der Waals surface area (Å²) in [6.45, 7) is 8.51. The highest BCUT2D eigenvalue weighted by atomic mass is 15.2. The molecule has 0 aromatic carbocycles. The first-order valence-electron chi connectivity index (χ1n) is 5.83. The van der Waals surface area contributed by atoms with Gasteiger partial charge in [-0.25, -0.2) is 0 Å². The molecule has 0 aromatic rings. The predicted octanol–water partition coefficient (Wildman–Crippen LogP) is 2.04. The minimum Gasteiger partial charge on any atom is -0.356 e. The molecule has 1 unspecified atom stereocenters. The molecule has 1 aliphatic rings. The van der Waals surface area contributed by atoms with E-state index in [4.69, 9.17) is 5.41 Å². The van der Waals surface area contributed by atoms with Crippen LogP contribution in [0.25, 0.3) is 0 Å². The molecule has 0 amide bonds. The van der Waals surface area contributed by atoms with Crippen molar-refractivity contribution in [2.45, 2.75) is 39.7 Å². The monoisotopic (exact) mass is 211 g/mol. The largest absolute Gasteiger partial charge is 0.356 e. The minimum atomic E-state index is -0.0189. The van der Waals surface area contributed by atoms with E-state index in [1.54, 1.807) is 0 Å². The van der Waals surface area contributed by atoms with Gasteiger partial charge >= 0.3 is 0 Å². The summed E-state index contributed by atoms with van der Waals surface area (Å²) >= 11 is 0. The van der Waals surface area contributed by atoms with E-state index in [0.29, 0.717) is 6.04 Å². The zero-order valence-corrected chi connectivity index (χ0v) is 10.8. The number of hydrogen-bond acceptors (Lipinski definition) is 2. The maximum Gasteiger partial charge on any atom is 0.102 e. The summed E-state index contributed by atoms with van der Waals surface area (Å²) < 4.78 is 0. The number of nitrogens with one attached hydrogen (secondary N) is 1. The first kappa shape index (κ1) is 12.5. The summed E-state index contributed by atoms with van der Waals surface area (Å²) in [7, 11) is 4.22. The van der Waals surface area contributed by atoms with Crippen LogP contribution in [0.2, 0.25) is 0 Å². The first-order chi connectivity index (χ1) is 6.82. The smallest absolute Gasteiger partial charge is 0.102 e. The van der Waals surface area contributed by atoms with Gasteiger partial charge < -0.3 is 9.80 Å². The van der Waals surface area contributed by atoms with E-state index in [0.717, 1.165) is 18.9 Å². The Bertz CT molecular complexity index is 228. The van der Waals surface area contributed by atoms with Crippen molar-refractivity contribution in [3.8, 4) is 0 Å². The van der Waals surface area contributed by atoms with Crippen LogP contribution < -0.4 is 0 Å². The lowest BCUT2D eigenvalue weighted by Gasteiger charge is -2.35. The van der Waals surface area contributed by atoms with Crippen LogP contribution in [0.1, 0.15) is 33.6 Å². The van der Waals surface area contributed by atoms with Crippen molar-refractivity contribution in [3.63, 3.8) is 0 Å². The lowest BCUT2D eigenvalue weighted by atomic mass is 9.93. The van der Waals surface area contributed by atoms with E-state index >= 15 is 0 Å². The maximum absolute atomic E-state index is 8.22. The highest BCUT2D eigenvalue weighted by Crippen LogP contribution is 2.25. The number of likely N-dealkylation sites (N-methyl/N-ethyl adjacent to an activating group) is 1. The number of likely N-dealkylation sites (tertiary alicyclic amines) is 1. The Morgan fingerprint density at radius 1 is 1.40 bits per heavy atom. The van der Waals surface area contributed by atoms with E-state index in [1.165, 1.54) is 12.8 Å². The summed E-state index contributed by atoms with van der Waals surface area (Å²) in [5, 5.41) is 8.22. The topological polar surface area (TPSA) is 30.3 Å². The van der Waals surface area contributed by atoms with Crippen molar-refractivity contribution in [1.29, 1.82) is 5.41 Å². The number of amidine groups is 1. The van der Waals surface area contributed by atoms with Gasteiger partial charge in [0.15, 0.2) is 0 Å². The average Bonchev–Trinajstić information content (AvgIpc) is 2.48. The highest BCUT2D eigenvalue weighted by molar-refractivity contribution is 5.84. The van der Waals surface area contributed by atoms with Crippen molar-refractivity contribution in [1.82, 2.24) is 9.80 Å². The van der Waals surface area contributed by atoms with Gasteiger partial charge in [-0.2, -0.15) is 0 Å². The van der Waals surface area contributed by atoms with Crippen molar-refractivity contribution in [2.24, 2.45) is 5.41 Å². The van der Waals surface area contributed by atoms with E-state index in [2.05, 4.69) is 44.7 Å². The Morgan fingerprint density at radius 2 is 2.00 bits per heavy atom. The van der Waals surface area contributed by atoms with Crippen molar-refractivity contribution in [2.75, 3.05) is 27.2 Å². The first-order valence-corrected chi connectivity index (χ1v) is 5.83. The summed E-state index contributed by atoms with van der Waals surface area (Å²) in [6.07, 6.45) is 2.47. The van der Waals surface area contributed by atoms with Gasteiger partial charge in [0.05, 0.1) is 0 Å². The van der Waals surface area contributed by atoms with Gasteiger partial charge in [-0.15, -0.1) is 0 Å². The molecule has 0 spiro atoms. The van der Waals surface area contributed by atoms with E-state index in [-0.39, 0.29) is 5.41 Å². The molecule has 0 radical (unpaired) electrons. The van der Waals surface area contributed by atoms with Gasteiger partial charge in [-0.3, -0.25) is 5.41 Å². The van der Waals surface area contributed by atoms with Crippen LogP contribution in [0.4, 0.5) is 0 Å². The second-order valence-corrected chi connectivity index (χ2v) is 5.85. The van der Waals surface area contributed by atoms with Crippen LogP contribution in [0.15, 0.2) is 0 Å². The zero-order valence-electron chi connectivity index (χ0n) is 10.8. The number of rotatable bonds is 2. The third kappa shape index (κ3) is 3.20. The third-order valence-corrected chi connectivity index (χ3v) is 2.95. The van der Waals surface area contributed by atoms with Crippen molar-refractivity contribution < 1.29 is 0 Å². The molecule has 0 bridgehead atoms. The van der Waals surface area contributed by atoms with Crippen LogP contribution in [0, 0.1) is 10.8 Å². The van der Waals surface area contributed by atoms with Crippen molar-refractivity contribution >= 4 is 5.84 Å². The Morgan fingerprint density at radius 3 is 2.47 bits per heavy atom. The SMILES string of the molecule is CN(C)CC1CCCN1C(=N)C(C)(C)C. The molecule has 1 saturated heterocycles. The lowest BCUT2D eigenvalue weighted by molar-refractivity contribution is 0.269. The maximum atomic E-state index is 8.22. The molecule has 88 valence electrons. The zero-order chi connectivity index (χ0) is 11.6. The summed E-state index contributed by atoms with van der Waals surface area (Å²) in [4.78, 5) is 4.51. The molecule has 1 fully saturated rings. The molecule has 0 aromatic heterocycles. The number of hydrogen-bond donors (Lipinski definition) is 1. The van der Waals surface area contributed by atoms with Gasteiger partial charge in [0.25, 0.3) is 0 Å². The van der Waals surface area contributed by atoms with E-state index < -0.39 is 0 Å². The summed E-state index contributed by atoms with van der Waals surface area (Å²) in [5.41, 5.74) is -0.0189. The normalized spacial score (nSPS) is 22.5. The van der Waals surface area contributed by atoms with Crippen LogP contribution in [-0.2, 0) is 0 Å². The van der Waals surface area contributed by atoms with Gasteiger partial charge in [-0.05, 0) is 26.9 Å². The Balaban J connectivity index is 2.64. The van der Waals surface area contributed by atoms with Gasteiger partial charge in [-0.1, -0.05) is 20.8 Å². The Hall–Kier alpha value is -0.570. The molecular formula is C12H25N3. The fourth-order valence-corrected chi connectivity index (χ4v) is 2.17. The van der Waals surface area contributed by atoms with Crippen LogP contribution in [-0.4, -0.2) is 48.9 Å². The molecule has 15 heavy (non-hydrogen) atoms. The molecule has 1 N–H and O–H groups in total. The molecule has 3 nitrogen and oxygen atoms in total. The number of nitrogens with zero attached hydrogens (tertiary/aromatic N) is 2. The molecule has 0 saturated carbocycles. The van der Waals surface area contributed by atoms with Crippen molar-refractivity contribution in [3.05, 3.63) is 0 Å². The predicted molar refractivity (Wildman–Crippen MR) is 65.5 cm³/mol. The van der Waals surface area contributed by atoms with E-state index in [9.17, 15) is 0 Å². The van der Waals surface area contributed by atoms with Gasteiger partial charge in [0.2, 0.25) is 0 Å². The molecule has 1 atom stereocenters. The van der Waals surface area contributed by atoms with E-state index in [1.807, 2.05) is 0 Å². The highest BCUT2D eigenvalue weighted by Gasteiger charge is 2.32. The summed E-state index contributed by atoms with van der Waals surface area (Å²) in [5.74, 6) is 0.798. The molecule has 1 rings (SSSR count). The molecule has 1 aliphatic heterocycles. The average molecular weight is 211 g/mol. The fourth-order valence-electron chi connectivity index (χ4n) is 2.17. The third-order valence-electron chi connectivity index (χ3n) is 2.95. The fraction of sp³-hybridized carbons (Fsp3) is 0.917. The molecule has 0 aliphatic carbocycles. The second-order valence-electron chi connectivity index (χ2n) is 5.85. The van der Waals surface area contributed by atoms with Crippen LogP contribution in [0.5, 0.6) is 0 Å². The quantitative estimate of drug-likeness (QED) is 0.559. The lowest BCUT2D eigenvalue weighted by Crippen LogP contribution is -2.45. The molecule has 3 heteroatoms. The molecular weight excluding hydrogens is 186 g/mol. The van der Waals surface area contributed by atoms with Gasteiger partial charge in [0, 0.05) is 24.5 Å². The Kier molecular flexibility index (Phi) is 3.77.